The second-order valence-corrected chi connectivity index (χ2v) is 7.37. The molecule has 1 fully saturated rings. The van der Waals surface area contributed by atoms with Crippen molar-refractivity contribution >= 4 is 45.8 Å². The van der Waals surface area contributed by atoms with Gasteiger partial charge in [0.05, 0.1) is 14.6 Å². The molecule has 0 amide bonds. The van der Waals surface area contributed by atoms with Crippen molar-refractivity contribution in [3.8, 4) is 0 Å². The summed E-state index contributed by atoms with van der Waals surface area (Å²) in [5, 5.41) is 0. The van der Waals surface area contributed by atoms with Gasteiger partial charge in [0.25, 0.3) is 0 Å². The average Bonchev–Trinajstić information content (AvgIpc) is 2.88. The highest BCUT2D eigenvalue weighted by Crippen LogP contribution is 2.39. The first-order valence-electron chi connectivity index (χ1n) is 6.56. The molecule has 19 heavy (non-hydrogen) atoms. The second-order valence-electron chi connectivity index (χ2n) is 5.82. The van der Waals surface area contributed by atoms with E-state index in [1.807, 2.05) is 28.7 Å². The summed E-state index contributed by atoms with van der Waals surface area (Å²) < 4.78 is 17.2. The van der Waals surface area contributed by atoms with Gasteiger partial charge in [0.2, 0.25) is 0 Å². The fourth-order valence-corrected chi connectivity index (χ4v) is 3.82. The molecule has 0 aliphatic heterocycles. The number of H-pyrrole nitrogens is 1. The van der Waals surface area contributed by atoms with Crippen LogP contribution in [0.1, 0.15) is 32.6 Å². The molecule has 0 unspecified atom stereocenters. The van der Waals surface area contributed by atoms with Gasteiger partial charge in [-0.05, 0) is 59.1 Å². The van der Waals surface area contributed by atoms with Gasteiger partial charge >= 0.3 is 0 Å². The molecule has 1 N–H and O–H groups in total. The summed E-state index contributed by atoms with van der Waals surface area (Å²) in [6.45, 7) is 3.19. The molecule has 2 nitrogen and oxygen atoms in total. The van der Waals surface area contributed by atoms with E-state index >= 15 is 0 Å². The maximum absolute atomic E-state index is 13.8. The van der Waals surface area contributed by atoms with Crippen LogP contribution in [0.3, 0.4) is 0 Å². The molecular weight excluding hydrogens is 374 g/mol. The number of aromatic amines is 1. The topological polar surface area (TPSA) is 20.7 Å². The number of imidazole rings is 1. The van der Waals surface area contributed by atoms with Crippen LogP contribution in [0.4, 0.5) is 4.39 Å². The van der Waals surface area contributed by atoms with Gasteiger partial charge in [0.15, 0.2) is 4.77 Å². The van der Waals surface area contributed by atoms with E-state index < -0.39 is 0 Å². The van der Waals surface area contributed by atoms with Gasteiger partial charge in [0.1, 0.15) is 5.82 Å². The highest BCUT2D eigenvalue weighted by atomic mass is 127. The quantitative estimate of drug-likeness (QED) is 0.564. The van der Waals surface area contributed by atoms with E-state index in [2.05, 4.69) is 16.5 Å². The average molecular weight is 390 g/mol. The van der Waals surface area contributed by atoms with Crippen molar-refractivity contribution in [1.82, 2.24) is 9.55 Å². The predicted molar refractivity (Wildman–Crippen MR) is 86.4 cm³/mol. The molecule has 0 saturated heterocycles. The number of nitrogens with zero attached hydrogens (tertiary/aromatic N) is 1. The zero-order valence-electron chi connectivity index (χ0n) is 10.8. The lowest BCUT2D eigenvalue weighted by Gasteiger charge is -2.24. The minimum atomic E-state index is -0.174. The molecule has 0 radical (unpaired) electrons. The van der Waals surface area contributed by atoms with Crippen LogP contribution in [-0.4, -0.2) is 9.55 Å². The zero-order chi connectivity index (χ0) is 13.6. The van der Waals surface area contributed by atoms with Gasteiger partial charge in [-0.25, -0.2) is 4.39 Å². The Balaban J connectivity index is 2.10. The van der Waals surface area contributed by atoms with Crippen LogP contribution in [0.25, 0.3) is 11.0 Å². The molecule has 2 aromatic rings. The van der Waals surface area contributed by atoms with Crippen LogP contribution in [-0.2, 0) is 6.54 Å². The fourth-order valence-electron chi connectivity index (χ4n) is 3.08. The molecule has 1 saturated carbocycles. The van der Waals surface area contributed by atoms with E-state index in [1.165, 1.54) is 25.7 Å². The van der Waals surface area contributed by atoms with E-state index in [4.69, 9.17) is 12.2 Å². The van der Waals surface area contributed by atoms with Crippen molar-refractivity contribution in [3.05, 3.63) is 26.3 Å². The van der Waals surface area contributed by atoms with Crippen LogP contribution >= 0.6 is 34.8 Å². The van der Waals surface area contributed by atoms with E-state index in [0.29, 0.717) is 13.8 Å². The first-order chi connectivity index (χ1) is 8.98. The largest absolute Gasteiger partial charge is 0.331 e. The molecule has 1 aliphatic rings. The van der Waals surface area contributed by atoms with Crippen molar-refractivity contribution in [2.45, 2.75) is 39.2 Å². The molecule has 3 rings (SSSR count). The van der Waals surface area contributed by atoms with Crippen LogP contribution in [0.2, 0.25) is 0 Å². The maximum atomic E-state index is 13.8. The minimum Gasteiger partial charge on any atom is -0.331 e. The predicted octanol–water partition coefficient (Wildman–Crippen LogP) is 5.02. The summed E-state index contributed by atoms with van der Waals surface area (Å²) in [6.07, 6.45) is 5.04. The van der Waals surface area contributed by atoms with Crippen LogP contribution in [0, 0.1) is 19.6 Å². The third-order valence-electron chi connectivity index (χ3n) is 4.17. The number of nitrogens with one attached hydrogen (secondary N) is 1. The first-order valence-corrected chi connectivity index (χ1v) is 8.05. The lowest BCUT2D eigenvalue weighted by molar-refractivity contribution is 0.284. The normalized spacial score (nSPS) is 18.3. The molecule has 0 spiro atoms. The smallest absolute Gasteiger partial charge is 0.178 e. The Morgan fingerprint density at radius 1 is 1.42 bits per heavy atom. The van der Waals surface area contributed by atoms with E-state index in [-0.39, 0.29) is 5.82 Å². The second kappa shape index (κ2) is 4.84. The molecule has 102 valence electrons. The molecule has 0 atom stereocenters. The van der Waals surface area contributed by atoms with Crippen molar-refractivity contribution < 1.29 is 4.39 Å². The lowest BCUT2D eigenvalue weighted by Crippen LogP contribution is -2.19. The van der Waals surface area contributed by atoms with Gasteiger partial charge in [-0.2, -0.15) is 0 Å². The summed E-state index contributed by atoms with van der Waals surface area (Å²) >= 11 is 7.41. The number of fused-ring (bicyclic) bond motifs is 1. The van der Waals surface area contributed by atoms with Crippen LogP contribution in [0.15, 0.2) is 12.1 Å². The third-order valence-corrected chi connectivity index (χ3v) is 5.32. The van der Waals surface area contributed by atoms with Gasteiger partial charge in [-0.1, -0.05) is 19.8 Å². The van der Waals surface area contributed by atoms with Crippen LogP contribution < -0.4 is 0 Å². The summed E-state index contributed by atoms with van der Waals surface area (Å²) in [6, 6.07) is 3.43. The highest BCUT2D eigenvalue weighted by Gasteiger charge is 2.29. The lowest BCUT2D eigenvalue weighted by atomic mass is 9.89. The van der Waals surface area contributed by atoms with E-state index in [1.54, 1.807) is 6.07 Å². The van der Waals surface area contributed by atoms with Gasteiger partial charge in [0, 0.05) is 12.6 Å². The van der Waals surface area contributed by atoms with E-state index in [0.717, 1.165) is 17.6 Å². The summed E-state index contributed by atoms with van der Waals surface area (Å²) in [4.78, 5) is 3.19. The summed E-state index contributed by atoms with van der Waals surface area (Å²) in [5.41, 5.74) is 2.11. The maximum Gasteiger partial charge on any atom is 0.178 e. The molecule has 1 aromatic carbocycles. The molecular formula is C14H16FIN2S. The molecule has 0 bridgehead atoms. The Kier molecular flexibility index (Phi) is 3.45. The van der Waals surface area contributed by atoms with E-state index in [9.17, 15) is 4.39 Å². The number of halogens is 2. The number of hydrogen-bond acceptors (Lipinski definition) is 1. The minimum absolute atomic E-state index is 0.174. The Morgan fingerprint density at radius 2 is 2.11 bits per heavy atom. The Morgan fingerprint density at radius 3 is 2.79 bits per heavy atom. The van der Waals surface area contributed by atoms with Gasteiger partial charge in [-0.15, -0.1) is 0 Å². The standard InChI is InChI=1S/C14H16FIN2S/c1-14(4-2-3-5-14)8-18-12-6-9(15)10(16)7-11(12)17-13(18)19/h6-7H,2-5,8H2,1H3,(H,17,19). The van der Waals surface area contributed by atoms with Crippen molar-refractivity contribution in [1.29, 1.82) is 0 Å². The van der Waals surface area contributed by atoms with Crippen LogP contribution in [0.5, 0.6) is 0 Å². The van der Waals surface area contributed by atoms with Gasteiger partial charge < -0.3 is 9.55 Å². The van der Waals surface area contributed by atoms with Crippen molar-refractivity contribution in [2.75, 3.05) is 0 Å². The zero-order valence-corrected chi connectivity index (χ0v) is 13.8. The number of benzene rings is 1. The summed E-state index contributed by atoms with van der Waals surface area (Å²) in [7, 11) is 0. The summed E-state index contributed by atoms with van der Waals surface area (Å²) in [5.74, 6) is -0.174. The highest BCUT2D eigenvalue weighted by molar-refractivity contribution is 14.1. The fraction of sp³-hybridized carbons (Fsp3) is 0.500. The van der Waals surface area contributed by atoms with Gasteiger partial charge in [-0.3, -0.25) is 0 Å². The van der Waals surface area contributed by atoms with Crippen molar-refractivity contribution in [3.63, 3.8) is 0 Å². The molecule has 1 aromatic heterocycles. The van der Waals surface area contributed by atoms with Crippen molar-refractivity contribution in [2.24, 2.45) is 5.41 Å². The first kappa shape index (κ1) is 13.5. The molecule has 1 heterocycles. The monoisotopic (exact) mass is 390 g/mol. The Labute approximate surface area is 130 Å². The molecule has 1 aliphatic carbocycles. The Hall–Kier alpha value is -0.430. The number of hydrogen-bond donors (Lipinski definition) is 1. The third kappa shape index (κ3) is 2.46. The SMILES string of the molecule is CC1(Cn2c(=S)[nH]c3cc(I)c(F)cc32)CCCC1. The number of aromatic nitrogens is 2. The number of rotatable bonds is 2. The molecule has 5 heteroatoms. The Bertz CT molecular complexity index is 683.